The summed E-state index contributed by atoms with van der Waals surface area (Å²) in [5.41, 5.74) is 2.98. The lowest BCUT2D eigenvalue weighted by atomic mass is 9.83. The fraction of sp³-hybridized carbons (Fsp3) is 0.250. The number of nitrogens with zero attached hydrogens (tertiary/aromatic N) is 3. The number of nitrogens with one attached hydrogen (secondary N) is 1. The second kappa shape index (κ2) is 12.0. The van der Waals surface area contributed by atoms with E-state index >= 15 is 0 Å². The van der Waals surface area contributed by atoms with Crippen molar-refractivity contribution in [2.75, 3.05) is 28.2 Å². The number of thiazole rings is 1. The number of hydrogen-bond donors (Lipinski definition) is 1. The summed E-state index contributed by atoms with van der Waals surface area (Å²) >= 11 is 8.21. The van der Waals surface area contributed by atoms with E-state index in [1.54, 1.807) is 48.5 Å². The van der Waals surface area contributed by atoms with Crippen LogP contribution in [0.5, 0.6) is 0 Å². The standard InChI is InChI=1S/C32H29ClN4O4S2/c1-3-35(4-2)22-16-10-19(11-17-22)25-26-27(30(40)37(29(26)39)23-8-6-5-7-9-23)42-31-28(25)43-32(41)36(31)18-24(38)34-21-14-12-20(33)13-15-21/h5-17,25-27H,3-4,18H2,1-2H3,(H,34,38)/t25-,26?,27?/m1/s1. The number of benzene rings is 3. The number of carbonyl (C=O) groups excluding carboxylic acids is 3. The summed E-state index contributed by atoms with van der Waals surface area (Å²) in [7, 11) is 0. The lowest BCUT2D eigenvalue weighted by Crippen LogP contribution is -2.33. The van der Waals surface area contributed by atoms with Crippen molar-refractivity contribution in [3.8, 4) is 0 Å². The molecule has 220 valence electrons. The van der Waals surface area contributed by atoms with E-state index in [2.05, 4.69) is 24.1 Å². The molecule has 2 aliphatic rings. The van der Waals surface area contributed by atoms with Crippen molar-refractivity contribution in [1.82, 2.24) is 4.57 Å². The fourth-order valence-corrected chi connectivity index (χ4v) is 8.70. The molecule has 2 unspecified atom stereocenters. The minimum absolute atomic E-state index is 0.226. The third-order valence-corrected chi connectivity index (χ3v) is 10.7. The highest BCUT2D eigenvalue weighted by atomic mass is 35.5. The molecule has 11 heteroatoms. The number of para-hydroxylation sites is 1. The molecule has 43 heavy (non-hydrogen) atoms. The van der Waals surface area contributed by atoms with Crippen molar-refractivity contribution in [3.05, 3.63) is 104 Å². The summed E-state index contributed by atoms with van der Waals surface area (Å²) in [6.45, 7) is 5.67. The minimum Gasteiger partial charge on any atom is -0.372 e. The molecular formula is C32H29ClN4O4S2. The molecule has 3 atom stereocenters. The molecular weight excluding hydrogens is 604 g/mol. The van der Waals surface area contributed by atoms with Crippen LogP contribution in [0.15, 0.2) is 88.7 Å². The van der Waals surface area contributed by atoms with E-state index in [1.807, 2.05) is 30.3 Å². The van der Waals surface area contributed by atoms with Gasteiger partial charge in [-0.15, -0.1) is 0 Å². The Morgan fingerprint density at radius 3 is 2.23 bits per heavy atom. The van der Waals surface area contributed by atoms with Crippen LogP contribution in [0.1, 0.15) is 30.2 Å². The molecule has 3 heterocycles. The molecule has 1 N–H and O–H groups in total. The van der Waals surface area contributed by atoms with E-state index in [1.165, 1.54) is 21.2 Å². The quantitative estimate of drug-likeness (QED) is 0.245. The average Bonchev–Trinajstić information content (AvgIpc) is 3.46. The maximum atomic E-state index is 14.0. The summed E-state index contributed by atoms with van der Waals surface area (Å²) in [5, 5.41) is 3.16. The van der Waals surface area contributed by atoms with Crippen LogP contribution < -0.4 is 20.0 Å². The summed E-state index contributed by atoms with van der Waals surface area (Å²) in [4.78, 5) is 58.2. The highest BCUT2D eigenvalue weighted by Crippen LogP contribution is 2.54. The van der Waals surface area contributed by atoms with Gasteiger partial charge < -0.3 is 10.2 Å². The van der Waals surface area contributed by atoms with Crippen molar-refractivity contribution < 1.29 is 14.4 Å². The van der Waals surface area contributed by atoms with Crippen molar-refractivity contribution in [2.24, 2.45) is 5.92 Å². The fourth-order valence-electron chi connectivity index (χ4n) is 5.80. The molecule has 2 aliphatic heterocycles. The first-order valence-corrected chi connectivity index (χ1v) is 16.1. The van der Waals surface area contributed by atoms with E-state index in [4.69, 9.17) is 11.6 Å². The summed E-state index contributed by atoms with van der Waals surface area (Å²) < 4.78 is 1.42. The van der Waals surface area contributed by atoms with Gasteiger partial charge in [-0.1, -0.05) is 65.0 Å². The number of halogens is 1. The van der Waals surface area contributed by atoms with Crippen LogP contribution in [-0.4, -0.2) is 40.6 Å². The van der Waals surface area contributed by atoms with Gasteiger partial charge in [0.15, 0.2) is 0 Å². The van der Waals surface area contributed by atoms with Gasteiger partial charge >= 0.3 is 4.87 Å². The maximum Gasteiger partial charge on any atom is 0.308 e. The van der Waals surface area contributed by atoms with E-state index in [-0.39, 0.29) is 29.1 Å². The summed E-state index contributed by atoms with van der Waals surface area (Å²) in [6, 6.07) is 23.6. The molecule has 1 fully saturated rings. The van der Waals surface area contributed by atoms with Crippen LogP contribution in [0.2, 0.25) is 5.02 Å². The molecule has 4 aromatic rings. The second-order valence-electron chi connectivity index (χ2n) is 10.3. The normalized spacial score (nSPS) is 19.2. The largest absolute Gasteiger partial charge is 0.372 e. The zero-order chi connectivity index (χ0) is 30.2. The van der Waals surface area contributed by atoms with Crippen LogP contribution in [-0.2, 0) is 20.9 Å². The third-order valence-electron chi connectivity index (χ3n) is 7.87. The number of carbonyl (C=O) groups is 3. The Labute approximate surface area is 262 Å². The molecule has 0 bridgehead atoms. The molecule has 0 saturated carbocycles. The average molecular weight is 633 g/mol. The lowest BCUT2D eigenvalue weighted by Gasteiger charge is -2.31. The topological polar surface area (TPSA) is 91.7 Å². The Kier molecular flexibility index (Phi) is 8.17. The van der Waals surface area contributed by atoms with Crippen molar-refractivity contribution in [2.45, 2.75) is 36.6 Å². The first-order valence-electron chi connectivity index (χ1n) is 14.0. The van der Waals surface area contributed by atoms with E-state index < -0.39 is 17.1 Å². The molecule has 0 radical (unpaired) electrons. The Balaban J connectivity index is 1.40. The third kappa shape index (κ3) is 5.39. The zero-order valence-corrected chi connectivity index (χ0v) is 25.9. The summed E-state index contributed by atoms with van der Waals surface area (Å²) in [6.07, 6.45) is 0. The molecule has 0 aliphatic carbocycles. The van der Waals surface area contributed by atoms with Gasteiger partial charge in [-0.25, -0.2) is 4.90 Å². The molecule has 1 aromatic heterocycles. The molecule has 3 amide bonds. The SMILES string of the molecule is CCN(CC)c1ccc([C@H]2c3sc(=O)n(CC(=O)Nc4ccc(Cl)cc4)c3SC3C(=O)N(c4ccccc4)C(=O)C32)cc1. The monoisotopic (exact) mass is 632 g/mol. The van der Waals surface area contributed by atoms with Crippen molar-refractivity contribution >= 4 is 69.5 Å². The lowest BCUT2D eigenvalue weighted by molar-refractivity contribution is -0.122. The first-order chi connectivity index (χ1) is 20.8. The minimum atomic E-state index is -0.743. The highest BCUT2D eigenvalue weighted by Gasteiger charge is 2.56. The van der Waals surface area contributed by atoms with Gasteiger partial charge in [0, 0.05) is 40.3 Å². The van der Waals surface area contributed by atoms with Gasteiger partial charge in [0.25, 0.3) is 0 Å². The van der Waals surface area contributed by atoms with Gasteiger partial charge in [0.1, 0.15) is 11.8 Å². The predicted octanol–water partition coefficient (Wildman–Crippen LogP) is 5.84. The number of fused-ring (bicyclic) bond motifs is 2. The van der Waals surface area contributed by atoms with Crippen LogP contribution >= 0.6 is 34.7 Å². The number of amides is 3. The van der Waals surface area contributed by atoms with E-state index in [0.717, 1.165) is 35.7 Å². The van der Waals surface area contributed by atoms with Gasteiger partial charge in [-0.3, -0.25) is 23.7 Å². The number of imide groups is 1. The Morgan fingerprint density at radius 2 is 1.58 bits per heavy atom. The van der Waals surface area contributed by atoms with Crippen LogP contribution in [0, 0.1) is 5.92 Å². The zero-order valence-electron chi connectivity index (χ0n) is 23.5. The number of rotatable bonds is 8. The number of hydrogen-bond acceptors (Lipinski definition) is 7. The van der Waals surface area contributed by atoms with Gasteiger partial charge in [-0.2, -0.15) is 0 Å². The highest BCUT2D eigenvalue weighted by molar-refractivity contribution is 8.00. The Bertz CT molecular complexity index is 1730. The van der Waals surface area contributed by atoms with Gasteiger partial charge in [-0.05, 0) is 67.9 Å². The maximum absolute atomic E-state index is 14.0. The molecule has 1 saturated heterocycles. The predicted molar refractivity (Wildman–Crippen MR) is 173 cm³/mol. The first kappa shape index (κ1) is 29.2. The number of anilines is 3. The summed E-state index contributed by atoms with van der Waals surface area (Å²) in [5.74, 6) is -2.20. The van der Waals surface area contributed by atoms with Crippen LogP contribution in [0.25, 0.3) is 0 Å². The van der Waals surface area contributed by atoms with Crippen molar-refractivity contribution in [3.63, 3.8) is 0 Å². The molecule has 0 spiro atoms. The Morgan fingerprint density at radius 1 is 0.907 bits per heavy atom. The van der Waals surface area contributed by atoms with Gasteiger partial charge in [0.05, 0.1) is 16.6 Å². The van der Waals surface area contributed by atoms with Crippen molar-refractivity contribution in [1.29, 1.82) is 0 Å². The van der Waals surface area contributed by atoms with Gasteiger partial charge in [0.2, 0.25) is 17.7 Å². The van der Waals surface area contributed by atoms with E-state index in [0.29, 0.717) is 26.3 Å². The van der Waals surface area contributed by atoms with Crippen LogP contribution in [0.3, 0.4) is 0 Å². The number of thioether (sulfide) groups is 1. The second-order valence-corrected chi connectivity index (χ2v) is 12.9. The van der Waals surface area contributed by atoms with Crippen LogP contribution in [0.4, 0.5) is 17.1 Å². The molecule has 8 nitrogen and oxygen atoms in total. The number of aromatic nitrogens is 1. The molecule has 6 rings (SSSR count). The Hall–Kier alpha value is -3.86. The van der Waals surface area contributed by atoms with E-state index in [9.17, 15) is 19.2 Å². The smallest absolute Gasteiger partial charge is 0.308 e. The molecule has 3 aromatic carbocycles.